The van der Waals surface area contributed by atoms with Crippen LogP contribution in [0.2, 0.25) is 0 Å². The van der Waals surface area contributed by atoms with Gasteiger partial charge in [-0.05, 0) is 37.5 Å². The SMILES string of the molecule is COc1cc(C(=O)N2CCC[C@@H]2C2C=CC=C(C(=O)N(C)C)C2)ccc1-c1cn[nH]c1. The Morgan fingerprint density at radius 3 is 2.84 bits per heavy atom. The van der Waals surface area contributed by atoms with Crippen molar-refractivity contribution in [1.82, 2.24) is 20.0 Å². The lowest BCUT2D eigenvalue weighted by atomic mass is 9.86. The normalized spacial score (nSPS) is 20.5. The standard InChI is InChI=1S/C24H28N4O3/c1-27(2)23(29)17-7-4-6-16(12-17)21-8-5-11-28(21)24(30)18-9-10-20(22(13-18)31-3)19-14-25-26-15-19/h4,6-7,9-10,13-16,21H,5,8,11-12H2,1-3H3,(H,25,26)/t16?,21-/m1/s1. The van der Waals surface area contributed by atoms with Gasteiger partial charge in [0.25, 0.3) is 5.91 Å². The van der Waals surface area contributed by atoms with Gasteiger partial charge < -0.3 is 14.5 Å². The lowest BCUT2D eigenvalue weighted by Crippen LogP contribution is -2.40. The van der Waals surface area contributed by atoms with E-state index in [-0.39, 0.29) is 23.8 Å². The van der Waals surface area contributed by atoms with Gasteiger partial charge >= 0.3 is 0 Å². The Bertz CT molecular complexity index is 1020. The van der Waals surface area contributed by atoms with E-state index in [1.807, 2.05) is 29.2 Å². The lowest BCUT2D eigenvalue weighted by molar-refractivity contribution is -0.125. The fourth-order valence-corrected chi connectivity index (χ4v) is 4.53. The van der Waals surface area contributed by atoms with Gasteiger partial charge in [0, 0.05) is 61.1 Å². The predicted molar refractivity (Wildman–Crippen MR) is 119 cm³/mol. The molecule has 2 aromatic rings. The van der Waals surface area contributed by atoms with Crippen molar-refractivity contribution in [2.75, 3.05) is 27.7 Å². The molecule has 2 atom stereocenters. The highest BCUT2D eigenvalue weighted by molar-refractivity contribution is 5.96. The maximum atomic E-state index is 13.4. The molecule has 1 aliphatic heterocycles. The Balaban J connectivity index is 1.54. The Kier molecular flexibility index (Phi) is 5.93. The average molecular weight is 421 g/mol. The van der Waals surface area contributed by atoms with Crippen molar-refractivity contribution in [3.05, 3.63) is 60.0 Å². The van der Waals surface area contributed by atoms with Crippen LogP contribution in [-0.2, 0) is 4.79 Å². The first-order valence-corrected chi connectivity index (χ1v) is 10.6. The summed E-state index contributed by atoms with van der Waals surface area (Å²) >= 11 is 0. The van der Waals surface area contributed by atoms with Crippen LogP contribution in [0, 0.1) is 5.92 Å². The third-order valence-corrected chi connectivity index (χ3v) is 6.10. The molecule has 0 spiro atoms. The second-order valence-electron chi connectivity index (χ2n) is 8.25. The monoisotopic (exact) mass is 420 g/mol. The van der Waals surface area contributed by atoms with Gasteiger partial charge in [-0.1, -0.05) is 18.2 Å². The van der Waals surface area contributed by atoms with Crippen molar-refractivity contribution < 1.29 is 14.3 Å². The third-order valence-electron chi connectivity index (χ3n) is 6.10. The molecule has 1 N–H and O–H groups in total. The van der Waals surface area contributed by atoms with E-state index in [0.29, 0.717) is 17.7 Å². The fourth-order valence-electron chi connectivity index (χ4n) is 4.53. The first-order valence-electron chi connectivity index (χ1n) is 10.6. The second kappa shape index (κ2) is 8.79. The van der Waals surface area contributed by atoms with Crippen LogP contribution in [0.4, 0.5) is 0 Å². The molecule has 2 amide bonds. The molecule has 162 valence electrons. The minimum absolute atomic E-state index is 0.00276. The zero-order valence-corrected chi connectivity index (χ0v) is 18.2. The summed E-state index contributed by atoms with van der Waals surface area (Å²) < 4.78 is 5.56. The molecule has 1 aliphatic carbocycles. The van der Waals surface area contributed by atoms with Crippen LogP contribution in [0.1, 0.15) is 29.6 Å². The van der Waals surface area contributed by atoms with Crippen molar-refractivity contribution in [1.29, 1.82) is 0 Å². The molecule has 0 radical (unpaired) electrons. The summed E-state index contributed by atoms with van der Waals surface area (Å²) in [6.07, 6.45) is 12.1. The van der Waals surface area contributed by atoms with E-state index in [0.717, 1.165) is 36.1 Å². The molecular weight excluding hydrogens is 392 g/mol. The number of carbonyl (C=O) groups is 2. The number of H-pyrrole nitrogens is 1. The number of allylic oxidation sites excluding steroid dienone is 2. The van der Waals surface area contributed by atoms with Crippen LogP contribution in [0.15, 0.2) is 54.4 Å². The van der Waals surface area contributed by atoms with E-state index >= 15 is 0 Å². The molecule has 1 aromatic carbocycles. The molecule has 4 rings (SSSR count). The summed E-state index contributed by atoms with van der Waals surface area (Å²) in [5.41, 5.74) is 3.20. The summed E-state index contributed by atoms with van der Waals surface area (Å²) in [6.45, 7) is 0.723. The van der Waals surface area contributed by atoms with Crippen LogP contribution >= 0.6 is 0 Å². The van der Waals surface area contributed by atoms with Gasteiger partial charge in [0.15, 0.2) is 0 Å². The van der Waals surface area contributed by atoms with Crippen LogP contribution in [-0.4, -0.2) is 65.6 Å². The van der Waals surface area contributed by atoms with E-state index in [4.69, 9.17) is 4.74 Å². The Morgan fingerprint density at radius 2 is 2.13 bits per heavy atom. The highest BCUT2D eigenvalue weighted by atomic mass is 16.5. The number of hydrogen-bond acceptors (Lipinski definition) is 4. The maximum absolute atomic E-state index is 13.4. The van der Waals surface area contributed by atoms with E-state index in [2.05, 4.69) is 16.3 Å². The molecular formula is C24H28N4O3. The molecule has 0 saturated carbocycles. The van der Waals surface area contributed by atoms with Gasteiger partial charge in [-0.3, -0.25) is 14.7 Å². The number of rotatable bonds is 5. The van der Waals surface area contributed by atoms with E-state index < -0.39 is 0 Å². The Hall–Kier alpha value is -3.35. The number of likely N-dealkylation sites (tertiary alicyclic amines) is 1. The highest BCUT2D eigenvalue weighted by Crippen LogP contribution is 2.35. The van der Waals surface area contributed by atoms with Gasteiger partial charge in [-0.15, -0.1) is 0 Å². The van der Waals surface area contributed by atoms with Gasteiger partial charge in [0.1, 0.15) is 5.75 Å². The van der Waals surface area contributed by atoms with Crippen molar-refractivity contribution in [3.8, 4) is 16.9 Å². The second-order valence-corrected chi connectivity index (χ2v) is 8.25. The lowest BCUT2D eigenvalue weighted by Gasteiger charge is -2.32. The Morgan fingerprint density at radius 1 is 1.29 bits per heavy atom. The number of nitrogens with one attached hydrogen (secondary N) is 1. The van der Waals surface area contributed by atoms with Gasteiger partial charge in [-0.2, -0.15) is 5.10 Å². The van der Waals surface area contributed by atoms with Crippen LogP contribution in [0.3, 0.4) is 0 Å². The number of likely N-dealkylation sites (N-methyl/N-ethyl adjacent to an activating group) is 1. The zero-order valence-electron chi connectivity index (χ0n) is 18.2. The fraction of sp³-hybridized carbons (Fsp3) is 0.375. The predicted octanol–water partition coefficient (Wildman–Crippen LogP) is 3.28. The van der Waals surface area contributed by atoms with Gasteiger partial charge in [0.05, 0.1) is 13.3 Å². The Labute approximate surface area is 182 Å². The maximum Gasteiger partial charge on any atom is 0.254 e. The summed E-state index contributed by atoms with van der Waals surface area (Å²) in [7, 11) is 5.14. The number of amides is 2. The molecule has 1 saturated heterocycles. The minimum atomic E-state index is 0.00276. The largest absolute Gasteiger partial charge is 0.496 e. The van der Waals surface area contributed by atoms with Crippen LogP contribution in [0.5, 0.6) is 5.75 Å². The molecule has 2 heterocycles. The number of aromatic nitrogens is 2. The summed E-state index contributed by atoms with van der Waals surface area (Å²) in [6, 6.07) is 5.64. The average Bonchev–Trinajstić information content (AvgIpc) is 3.50. The summed E-state index contributed by atoms with van der Waals surface area (Å²) in [4.78, 5) is 29.4. The van der Waals surface area contributed by atoms with E-state index in [1.165, 1.54) is 0 Å². The van der Waals surface area contributed by atoms with Crippen LogP contribution in [0.25, 0.3) is 11.1 Å². The molecule has 0 bridgehead atoms. The number of aromatic amines is 1. The van der Waals surface area contributed by atoms with Crippen LogP contribution < -0.4 is 4.74 Å². The van der Waals surface area contributed by atoms with E-state index in [1.54, 1.807) is 44.6 Å². The summed E-state index contributed by atoms with van der Waals surface area (Å²) in [5, 5.41) is 6.80. The quantitative estimate of drug-likeness (QED) is 0.805. The molecule has 1 aromatic heterocycles. The smallest absolute Gasteiger partial charge is 0.254 e. The first kappa shape index (κ1) is 20.9. The van der Waals surface area contributed by atoms with Crippen molar-refractivity contribution in [3.63, 3.8) is 0 Å². The number of ether oxygens (including phenoxy) is 1. The zero-order chi connectivity index (χ0) is 22.0. The van der Waals surface area contributed by atoms with E-state index in [9.17, 15) is 9.59 Å². The number of methoxy groups -OCH3 is 1. The molecule has 7 heteroatoms. The van der Waals surface area contributed by atoms with Gasteiger partial charge in [0.2, 0.25) is 5.91 Å². The topological polar surface area (TPSA) is 78.5 Å². The van der Waals surface area contributed by atoms with Crippen molar-refractivity contribution >= 4 is 11.8 Å². The van der Waals surface area contributed by atoms with Crippen molar-refractivity contribution in [2.24, 2.45) is 5.92 Å². The minimum Gasteiger partial charge on any atom is -0.496 e. The summed E-state index contributed by atoms with van der Waals surface area (Å²) in [5.74, 6) is 0.817. The first-order chi connectivity index (χ1) is 15.0. The highest BCUT2D eigenvalue weighted by Gasteiger charge is 2.36. The number of hydrogen-bond donors (Lipinski definition) is 1. The molecule has 1 fully saturated rings. The number of benzene rings is 1. The third kappa shape index (κ3) is 4.13. The molecule has 1 unspecified atom stereocenters. The number of nitrogens with zero attached hydrogens (tertiary/aromatic N) is 3. The molecule has 2 aliphatic rings. The van der Waals surface area contributed by atoms with Gasteiger partial charge in [-0.25, -0.2) is 0 Å². The number of carbonyl (C=O) groups excluding carboxylic acids is 2. The van der Waals surface area contributed by atoms with Crippen molar-refractivity contribution in [2.45, 2.75) is 25.3 Å². The molecule has 7 nitrogen and oxygen atoms in total. The molecule has 31 heavy (non-hydrogen) atoms.